The van der Waals surface area contributed by atoms with E-state index in [1.165, 1.54) is 0 Å². The van der Waals surface area contributed by atoms with Crippen molar-refractivity contribution >= 4 is 11.6 Å². The van der Waals surface area contributed by atoms with Crippen molar-refractivity contribution in [3.05, 3.63) is 60.4 Å². The van der Waals surface area contributed by atoms with Crippen molar-refractivity contribution in [1.82, 2.24) is 4.98 Å². The molecule has 0 aliphatic carbocycles. The fourth-order valence-electron chi connectivity index (χ4n) is 1.74. The van der Waals surface area contributed by atoms with Crippen molar-refractivity contribution in [3.63, 3.8) is 0 Å². The van der Waals surface area contributed by atoms with E-state index in [-0.39, 0.29) is 5.91 Å². The van der Waals surface area contributed by atoms with Crippen molar-refractivity contribution < 1.29 is 4.79 Å². The molecule has 2 rings (SSSR count). The standard InChI is InChI=1S/C15H16N2O/c1-17(14-8-3-2-4-9-14)15(18)11-10-13-7-5-6-12-16-13/h2-9,12H,10-11H2,1H3. The van der Waals surface area contributed by atoms with Gasteiger partial charge >= 0.3 is 0 Å². The van der Waals surface area contributed by atoms with E-state index in [2.05, 4.69) is 4.98 Å². The Morgan fingerprint density at radius 3 is 2.50 bits per heavy atom. The van der Waals surface area contributed by atoms with Gasteiger partial charge in [-0.15, -0.1) is 0 Å². The van der Waals surface area contributed by atoms with Crippen molar-refractivity contribution in [3.8, 4) is 0 Å². The first-order valence-electron chi connectivity index (χ1n) is 5.99. The number of hydrogen-bond acceptors (Lipinski definition) is 2. The summed E-state index contributed by atoms with van der Waals surface area (Å²) in [6, 6.07) is 15.4. The Balaban J connectivity index is 1.93. The summed E-state index contributed by atoms with van der Waals surface area (Å²) < 4.78 is 0. The first-order chi connectivity index (χ1) is 8.77. The van der Waals surface area contributed by atoms with Gasteiger partial charge in [0.25, 0.3) is 0 Å². The molecule has 0 saturated heterocycles. The van der Waals surface area contributed by atoms with Crippen LogP contribution in [0.15, 0.2) is 54.7 Å². The Bertz CT molecular complexity index is 496. The van der Waals surface area contributed by atoms with Crippen LogP contribution in [0.4, 0.5) is 5.69 Å². The molecule has 1 heterocycles. The number of para-hydroxylation sites is 1. The summed E-state index contributed by atoms with van der Waals surface area (Å²) in [6.07, 6.45) is 2.90. The predicted molar refractivity (Wildman–Crippen MR) is 72.4 cm³/mol. The zero-order valence-corrected chi connectivity index (χ0v) is 10.4. The minimum Gasteiger partial charge on any atom is -0.315 e. The molecule has 0 aliphatic heterocycles. The topological polar surface area (TPSA) is 33.2 Å². The lowest BCUT2D eigenvalue weighted by atomic mass is 10.2. The third-order valence-corrected chi connectivity index (χ3v) is 2.84. The Labute approximate surface area is 107 Å². The van der Waals surface area contributed by atoms with Gasteiger partial charge in [-0.2, -0.15) is 0 Å². The number of hydrogen-bond donors (Lipinski definition) is 0. The summed E-state index contributed by atoms with van der Waals surface area (Å²) in [5.74, 6) is 0.104. The highest BCUT2D eigenvalue weighted by molar-refractivity contribution is 5.92. The second-order valence-electron chi connectivity index (χ2n) is 4.11. The van der Waals surface area contributed by atoms with Crippen LogP contribution in [0.3, 0.4) is 0 Å². The van der Waals surface area contributed by atoms with Crippen LogP contribution in [0.5, 0.6) is 0 Å². The molecule has 0 N–H and O–H groups in total. The largest absolute Gasteiger partial charge is 0.315 e. The second-order valence-corrected chi connectivity index (χ2v) is 4.11. The molecule has 0 spiro atoms. The summed E-state index contributed by atoms with van der Waals surface area (Å²) in [5.41, 5.74) is 1.87. The van der Waals surface area contributed by atoms with Crippen LogP contribution in [0.1, 0.15) is 12.1 Å². The molecule has 1 amide bonds. The Morgan fingerprint density at radius 2 is 1.83 bits per heavy atom. The van der Waals surface area contributed by atoms with E-state index < -0.39 is 0 Å². The van der Waals surface area contributed by atoms with Crippen molar-refractivity contribution in [2.45, 2.75) is 12.8 Å². The van der Waals surface area contributed by atoms with Crippen molar-refractivity contribution in [2.24, 2.45) is 0 Å². The third kappa shape index (κ3) is 3.17. The summed E-state index contributed by atoms with van der Waals surface area (Å²) in [5, 5.41) is 0. The molecule has 0 unspecified atom stereocenters. The molecule has 92 valence electrons. The van der Waals surface area contributed by atoms with Crippen LogP contribution in [-0.2, 0) is 11.2 Å². The monoisotopic (exact) mass is 240 g/mol. The normalized spacial score (nSPS) is 10.1. The molecule has 2 aromatic rings. The summed E-state index contributed by atoms with van der Waals surface area (Å²) in [4.78, 5) is 17.9. The predicted octanol–water partition coefficient (Wildman–Crippen LogP) is 2.68. The first kappa shape index (κ1) is 12.3. The molecule has 0 atom stereocenters. The summed E-state index contributed by atoms with van der Waals surface area (Å²) in [6.45, 7) is 0. The van der Waals surface area contributed by atoms with Crippen LogP contribution in [0.25, 0.3) is 0 Å². The van der Waals surface area contributed by atoms with Gasteiger partial charge in [-0.25, -0.2) is 0 Å². The van der Waals surface area contributed by atoms with E-state index in [0.29, 0.717) is 12.8 Å². The van der Waals surface area contributed by atoms with E-state index in [9.17, 15) is 4.79 Å². The quantitative estimate of drug-likeness (QED) is 0.823. The number of carbonyl (C=O) groups is 1. The van der Waals surface area contributed by atoms with Gasteiger partial charge in [0.2, 0.25) is 5.91 Å². The molecular formula is C15H16N2O. The number of aryl methyl sites for hydroxylation is 1. The molecule has 0 bridgehead atoms. The zero-order valence-electron chi connectivity index (χ0n) is 10.4. The highest BCUT2D eigenvalue weighted by Gasteiger charge is 2.10. The lowest BCUT2D eigenvalue weighted by Crippen LogP contribution is -2.26. The van der Waals surface area contributed by atoms with Gasteiger partial charge < -0.3 is 4.90 Å². The van der Waals surface area contributed by atoms with Crippen LogP contribution in [0, 0.1) is 0 Å². The van der Waals surface area contributed by atoms with E-state index in [4.69, 9.17) is 0 Å². The zero-order chi connectivity index (χ0) is 12.8. The third-order valence-electron chi connectivity index (χ3n) is 2.84. The van der Waals surface area contributed by atoms with E-state index in [1.807, 2.05) is 48.5 Å². The number of anilines is 1. The Morgan fingerprint density at radius 1 is 1.11 bits per heavy atom. The van der Waals surface area contributed by atoms with Crippen LogP contribution in [0.2, 0.25) is 0 Å². The molecule has 1 aromatic carbocycles. The first-order valence-corrected chi connectivity index (χ1v) is 5.99. The molecule has 0 radical (unpaired) electrons. The van der Waals surface area contributed by atoms with Gasteiger partial charge in [0.1, 0.15) is 0 Å². The highest BCUT2D eigenvalue weighted by atomic mass is 16.2. The Hall–Kier alpha value is -2.16. The molecule has 0 saturated carbocycles. The fourth-order valence-corrected chi connectivity index (χ4v) is 1.74. The molecule has 0 fully saturated rings. The van der Waals surface area contributed by atoms with Crippen molar-refractivity contribution in [2.75, 3.05) is 11.9 Å². The highest BCUT2D eigenvalue weighted by Crippen LogP contribution is 2.12. The van der Waals surface area contributed by atoms with E-state index in [0.717, 1.165) is 11.4 Å². The van der Waals surface area contributed by atoms with E-state index >= 15 is 0 Å². The SMILES string of the molecule is CN(C(=O)CCc1ccccn1)c1ccccc1. The molecule has 3 nitrogen and oxygen atoms in total. The molecule has 3 heteroatoms. The van der Waals surface area contributed by atoms with Gasteiger partial charge in [0.05, 0.1) is 0 Å². The number of benzene rings is 1. The lowest BCUT2D eigenvalue weighted by molar-refractivity contribution is -0.118. The van der Waals surface area contributed by atoms with Gasteiger partial charge in [-0.05, 0) is 30.7 Å². The smallest absolute Gasteiger partial charge is 0.227 e. The average molecular weight is 240 g/mol. The average Bonchev–Trinajstić information content (AvgIpc) is 2.46. The van der Waals surface area contributed by atoms with Gasteiger partial charge in [-0.1, -0.05) is 24.3 Å². The number of pyridine rings is 1. The van der Waals surface area contributed by atoms with Crippen LogP contribution >= 0.6 is 0 Å². The maximum atomic E-state index is 12.0. The molecular weight excluding hydrogens is 224 g/mol. The summed E-state index contributed by atoms with van der Waals surface area (Å²) in [7, 11) is 1.80. The van der Waals surface area contributed by atoms with Crippen molar-refractivity contribution in [1.29, 1.82) is 0 Å². The molecule has 0 aliphatic rings. The van der Waals surface area contributed by atoms with Gasteiger partial charge in [-0.3, -0.25) is 9.78 Å². The second kappa shape index (κ2) is 5.96. The fraction of sp³-hybridized carbons (Fsp3) is 0.200. The van der Waals surface area contributed by atoms with Gasteiger partial charge in [0.15, 0.2) is 0 Å². The Kier molecular flexibility index (Phi) is 4.07. The number of amides is 1. The lowest BCUT2D eigenvalue weighted by Gasteiger charge is -2.16. The van der Waals surface area contributed by atoms with Crippen LogP contribution in [-0.4, -0.2) is 17.9 Å². The van der Waals surface area contributed by atoms with E-state index in [1.54, 1.807) is 18.1 Å². The number of aromatic nitrogens is 1. The maximum absolute atomic E-state index is 12.0. The van der Waals surface area contributed by atoms with Crippen LogP contribution < -0.4 is 4.90 Å². The minimum absolute atomic E-state index is 0.104. The molecule has 18 heavy (non-hydrogen) atoms. The molecule has 1 aromatic heterocycles. The maximum Gasteiger partial charge on any atom is 0.227 e. The van der Waals surface area contributed by atoms with Gasteiger partial charge in [0, 0.05) is 31.0 Å². The minimum atomic E-state index is 0.104. The number of carbonyl (C=O) groups excluding carboxylic acids is 1. The summed E-state index contributed by atoms with van der Waals surface area (Å²) >= 11 is 0. The number of rotatable bonds is 4. The number of nitrogens with zero attached hydrogens (tertiary/aromatic N) is 2.